The van der Waals surface area contributed by atoms with Crippen molar-refractivity contribution in [3.05, 3.63) is 29.8 Å². The Balaban J connectivity index is 0.00000120. The average Bonchev–Trinajstić information content (AvgIpc) is 2.52. The average molecular weight is 461 g/mol. The van der Waals surface area contributed by atoms with Gasteiger partial charge >= 0.3 is 59.1 Å². The van der Waals surface area contributed by atoms with Gasteiger partial charge in [-0.1, -0.05) is 12.1 Å². The molecule has 29 heavy (non-hydrogen) atoms. The van der Waals surface area contributed by atoms with Gasteiger partial charge in [-0.2, -0.15) is 4.89 Å². The first-order valence-electron chi connectivity index (χ1n) is 9.14. The first-order chi connectivity index (χ1) is 12.7. The smallest absolute Gasteiger partial charge is 0.780 e. The van der Waals surface area contributed by atoms with Crippen LogP contribution in [-0.2, 0) is 24.9 Å². The molecule has 4 aliphatic carbocycles. The van der Waals surface area contributed by atoms with E-state index >= 15 is 0 Å². The Labute approximate surface area is 218 Å². The molecule has 1 aromatic rings. The third-order valence-corrected chi connectivity index (χ3v) is 7.89. The number of hydrogen-bond donors (Lipinski definition) is 0. The molecule has 4 unspecified atom stereocenters. The Kier molecular flexibility index (Phi) is 7.13. The molecule has 7 nitrogen and oxygen atoms in total. The Morgan fingerprint density at radius 1 is 1.14 bits per heavy atom. The van der Waals surface area contributed by atoms with Gasteiger partial charge < -0.3 is 23.6 Å². The molecule has 5 aliphatic rings. The molecule has 1 heterocycles. The van der Waals surface area contributed by atoms with Crippen molar-refractivity contribution in [3.63, 3.8) is 0 Å². The van der Waals surface area contributed by atoms with Gasteiger partial charge in [0.15, 0.2) is 5.60 Å². The maximum absolute atomic E-state index is 11.0. The summed E-state index contributed by atoms with van der Waals surface area (Å²) >= 11 is 7.19. The topological polar surface area (TPSA) is 100 Å². The first-order valence-corrected chi connectivity index (χ1v) is 11.0. The van der Waals surface area contributed by atoms with E-state index in [0.29, 0.717) is 17.4 Å². The van der Waals surface area contributed by atoms with Gasteiger partial charge in [-0.25, -0.2) is 4.89 Å². The summed E-state index contributed by atoms with van der Waals surface area (Å²) in [5.74, 6) is -0.00125. The fourth-order valence-corrected chi connectivity index (χ4v) is 7.38. The quantitative estimate of drug-likeness (QED) is 0.197. The number of hydrogen-bond acceptors (Lipinski definition) is 7. The zero-order valence-corrected chi connectivity index (χ0v) is 22.4. The van der Waals surface area contributed by atoms with Crippen LogP contribution in [0, 0.1) is 17.8 Å². The number of alkyl halides is 1. The summed E-state index contributed by atoms with van der Waals surface area (Å²) in [6, 6.07) is 6.18. The molecule has 11 heteroatoms. The van der Waals surface area contributed by atoms with Gasteiger partial charge in [0.05, 0.1) is 4.87 Å². The molecule has 6 rings (SSSR count). The molecule has 1 aliphatic heterocycles. The molecule has 148 valence electrons. The number of phosphoric acid groups is 1. The molecule has 0 amide bonds. The van der Waals surface area contributed by atoms with Crippen LogP contribution in [0.3, 0.4) is 0 Å². The Morgan fingerprint density at radius 2 is 1.79 bits per heavy atom. The third-order valence-electron chi connectivity index (χ3n) is 6.87. The van der Waals surface area contributed by atoms with Gasteiger partial charge in [0.2, 0.25) is 0 Å². The second-order valence-electron chi connectivity index (χ2n) is 8.30. The normalized spacial score (nSPS) is 42.0. The van der Waals surface area contributed by atoms with Crippen molar-refractivity contribution < 1.29 is 92.5 Å². The molecule has 1 saturated heterocycles. The number of ether oxygens (including phenoxy) is 1. The van der Waals surface area contributed by atoms with Crippen LogP contribution < -0.4 is 73.4 Å². The predicted molar refractivity (Wildman–Crippen MR) is 90.4 cm³/mol. The van der Waals surface area contributed by atoms with E-state index in [2.05, 4.69) is 4.52 Å². The van der Waals surface area contributed by atoms with Crippen molar-refractivity contribution in [2.75, 3.05) is 7.11 Å². The molecule has 1 aromatic carbocycles. The predicted octanol–water partition coefficient (Wildman–Crippen LogP) is -3.78. The van der Waals surface area contributed by atoms with E-state index in [1.165, 1.54) is 25.7 Å². The van der Waals surface area contributed by atoms with Gasteiger partial charge in [-0.3, -0.25) is 0 Å². The third kappa shape index (κ3) is 3.57. The molecular weight excluding hydrogens is 441 g/mol. The monoisotopic (exact) mass is 460 g/mol. The molecule has 5 fully saturated rings. The van der Waals surface area contributed by atoms with Gasteiger partial charge in [0.25, 0.3) is 5.79 Å². The molecule has 1 spiro atoms. The minimum absolute atomic E-state index is 0. The summed E-state index contributed by atoms with van der Waals surface area (Å²) in [6.07, 6.45) is 4.90. The van der Waals surface area contributed by atoms with Crippen molar-refractivity contribution in [1.82, 2.24) is 0 Å². The van der Waals surface area contributed by atoms with Gasteiger partial charge in [0.1, 0.15) is 13.6 Å². The summed E-state index contributed by atoms with van der Waals surface area (Å²) < 4.78 is 21.4. The largest absolute Gasteiger partial charge is 1.00 e. The first kappa shape index (κ1) is 25.0. The number of methoxy groups -OCH3 is 1. The summed E-state index contributed by atoms with van der Waals surface area (Å²) in [6.45, 7) is 0. The Bertz CT molecular complexity index is 820. The molecule has 0 N–H and O–H groups in total. The van der Waals surface area contributed by atoms with Crippen LogP contribution in [-0.4, -0.2) is 17.6 Å². The summed E-state index contributed by atoms with van der Waals surface area (Å²) in [4.78, 5) is 32.8. The van der Waals surface area contributed by atoms with Crippen LogP contribution >= 0.6 is 19.4 Å². The number of halogens is 1. The van der Waals surface area contributed by atoms with E-state index in [4.69, 9.17) is 26.1 Å². The zero-order valence-electron chi connectivity index (χ0n) is 16.8. The van der Waals surface area contributed by atoms with Crippen LogP contribution in [0.25, 0.3) is 0 Å². The Hall–Kier alpha value is 1.34. The minimum Gasteiger partial charge on any atom is -0.780 e. The van der Waals surface area contributed by atoms with Crippen molar-refractivity contribution in [2.24, 2.45) is 17.8 Å². The van der Waals surface area contributed by atoms with Crippen molar-refractivity contribution in [1.29, 1.82) is 0 Å². The number of benzene rings is 1. The van der Waals surface area contributed by atoms with E-state index < -0.39 is 24.1 Å². The standard InChI is InChI=1S/C18H22ClO7P.2Na/c1-23-18(13-3-2-4-15(8-13)24-27(20,21)22)17(25-26-18)14-6-11-5-12(7-14)10-16(17,19)9-11;;/h2-4,8,11-12,14H,5-7,9-10H2,1H3,(H2,20,21,22);;/q;2*+1/p-2. The van der Waals surface area contributed by atoms with Crippen LogP contribution in [0.1, 0.15) is 37.7 Å². The van der Waals surface area contributed by atoms with E-state index in [-0.39, 0.29) is 70.8 Å². The van der Waals surface area contributed by atoms with Crippen molar-refractivity contribution in [2.45, 2.75) is 48.4 Å². The molecule has 0 aromatic heterocycles. The maximum Gasteiger partial charge on any atom is 1.00 e. The molecule has 4 atom stereocenters. The fraction of sp³-hybridized carbons (Fsp3) is 0.667. The van der Waals surface area contributed by atoms with Crippen LogP contribution in [0.5, 0.6) is 5.75 Å². The van der Waals surface area contributed by atoms with E-state index in [1.54, 1.807) is 12.1 Å². The van der Waals surface area contributed by atoms with Crippen molar-refractivity contribution in [3.8, 4) is 5.75 Å². The molecule has 0 radical (unpaired) electrons. The Morgan fingerprint density at radius 3 is 2.28 bits per heavy atom. The summed E-state index contributed by atoms with van der Waals surface area (Å²) in [5.41, 5.74) is -0.337. The molecular formula is C18H20ClNa2O7P. The van der Waals surface area contributed by atoms with E-state index in [0.717, 1.165) is 25.7 Å². The summed E-state index contributed by atoms with van der Waals surface area (Å²) in [5, 5.41) is 0. The van der Waals surface area contributed by atoms with E-state index in [1.807, 2.05) is 0 Å². The van der Waals surface area contributed by atoms with Crippen LogP contribution in [0.15, 0.2) is 24.3 Å². The van der Waals surface area contributed by atoms with Gasteiger partial charge in [0, 0.05) is 12.7 Å². The fourth-order valence-electron chi connectivity index (χ4n) is 6.26. The zero-order chi connectivity index (χ0) is 19.1. The minimum atomic E-state index is -5.17. The van der Waals surface area contributed by atoms with Gasteiger partial charge in [-0.05, 0) is 62.0 Å². The number of rotatable bonds is 4. The van der Waals surface area contributed by atoms with Crippen LogP contribution in [0.2, 0.25) is 0 Å². The van der Waals surface area contributed by atoms with Gasteiger partial charge in [-0.15, -0.1) is 11.6 Å². The second kappa shape index (κ2) is 8.28. The molecule has 4 saturated carbocycles. The molecule has 4 bridgehead atoms. The SMILES string of the molecule is COC1(c2cccc(OP(=O)([O-])[O-])c2)OOC12C1CC3CC(C1)CC2(Cl)C3.[Na+].[Na+]. The summed E-state index contributed by atoms with van der Waals surface area (Å²) in [7, 11) is -3.65. The number of phosphoric ester groups is 1. The van der Waals surface area contributed by atoms with Crippen molar-refractivity contribution >= 4 is 19.4 Å². The maximum atomic E-state index is 11.0. The van der Waals surface area contributed by atoms with Crippen LogP contribution in [0.4, 0.5) is 0 Å². The van der Waals surface area contributed by atoms with E-state index in [9.17, 15) is 14.4 Å². The second-order valence-corrected chi connectivity index (χ2v) is 10.1.